The molecule has 1 atom stereocenters. The number of aliphatic imine (C=N–C) groups is 1. The van der Waals surface area contributed by atoms with Crippen LogP contribution < -0.4 is 11.1 Å². The van der Waals surface area contributed by atoms with E-state index >= 15 is 0 Å². The standard InChI is InChI=1S/C17H33N3O4S/c1-12(18)19-9-11-25-10-8-13(14(21)23-16(2,3)4)20-15(22)24-17(5,6)7/h13H,8-11H2,1-7H3,(H2,18,19)(H,20,22). The summed E-state index contributed by atoms with van der Waals surface area (Å²) in [5.41, 5.74) is 4.23. The van der Waals surface area contributed by atoms with Crippen LogP contribution in [0, 0.1) is 0 Å². The van der Waals surface area contributed by atoms with Gasteiger partial charge in [0.25, 0.3) is 0 Å². The topological polar surface area (TPSA) is 103 Å². The molecule has 0 aromatic rings. The summed E-state index contributed by atoms with van der Waals surface area (Å²) in [6.45, 7) is 13.0. The van der Waals surface area contributed by atoms with E-state index in [2.05, 4.69) is 10.3 Å². The third-order valence-electron chi connectivity index (χ3n) is 2.53. The molecule has 0 spiro atoms. The molecule has 146 valence electrons. The van der Waals surface area contributed by atoms with Crippen LogP contribution in [0.2, 0.25) is 0 Å². The summed E-state index contributed by atoms with van der Waals surface area (Å²) in [6, 6.07) is -0.749. The number of amides is 1. The first-order valence-corrected chi connectivity index (χ1v) is 9.52. The molecule has 0 aliphatic rings. The summed E-state index contributed by atoms with van der Waals surface area (Å²) < 4.78 is 10.6. The molecule has 0 aromatic carbocycles. The number of carbonyl (C=O) groups is 2. The average Bonchev–Trinajstić information content (AvgIpc) is 2.36. The van der Waals surface area contributed by atoms with Gasteiger partial charge in [0, 0.05) is 12.3 Å². The van der Waals surface area contributed by atoms with Gasteiger partial charge in [0.1, 0.15) is 17.2 Å². The summed E-state index contributed by atoms with van der Waals surface area (Å²) in [5.74, 6) is 1.56. The largest absolute Gasteiger partial charge is 0.458 e. The molecule has 3 N–H and O–H groups in total. The molecule has 0 rings (SSSR count). The molecular weight excluding hydrogens is 342 g/mol. The highest BCUT2D eigenvalue weighted by atomic mass is 32.2. The summed E-state index contributed by atoms with van der Waals surface area (Å²) in [4.78, 5) is 28.4. The molecule has 0 bridgehead atoms. The highest BCUT2D eigenvalue weighted by Gasteiger charge is 2.28. The maximum absolute atomic E-state index is 12.3. The number of hydrogen-bond acceptors (Lipinski definition) is 6. The van der Waals surface area contributed by atoms with Crippen molar-refractivity contribution in [3.8, 4) is 0 Å². The van der Waals surface area contributed by atoms with Gasteiger partial charge < -0.3 is 20.5 Å². The molecular formula is C17H33N3O4S. The van der Waals surface area contributed by atoms with Gasteiger partial charge in [0.05, 0.1) is 5.84 Å². The number of esters is 1. The molecule has 8 heteroatoms. The number of nitrogens with two attached hydrogens (primary N) is 1. The zero-order valence-corrected chi connectivity index (χ0v) is 17.3. The van der Waals surface area contributed by atoms with Crippen LogP contribution in [0.3, 0.4) is 0 Å². The Balaban J connectivity index is 4.60. The van der Waals surface area contributed by atoms with Gasteiger partial charge in [0.15, 0.2) is 0 Å². The third kappa shape index (κ3) is 14.6. The van der Waals surface area contributed by atoms with Crippen molar-refractivity contribution in [1.29, 1.82) is 0 Å². The molecule has 25 heavy (non-hydrogen) atoms. The molecule has 0 aliphatic heterocycles. The molecule has 0 saturated carbocycles. The molecule has 0 radical (unpaired) electrons. The molecule has 0 aromatic heterocycles. The lowest BCUT2D eigenvalue weighted by molar-refractivity contribution is -0.157. The minimum absolute atomic E-state index is 0.449. The normalized spacial score (nSPS) is 14.0. The number of alkyl carbamates (subject to hydrolysis) is 1. The van der Waals surface area contributed by atoms with Crippen LogP contribution in [0.25, 0.3) is 0 Å². The van der Waals surface area contributed by atoms with Gasteiger partial charge in [-0.1, -0.05) is 0 Å². The van der Waals surface area contributed by atoms with Crippen LogP contribution in [-0.2, 0) is 14.3 Å². The van der Waals surface area contributed by atoms with Crippen LogP contribution in [-0.4, -0.2) is 53.2 Å². The van der Waals surface area contributed by atoms with Gasteiger partial charge in [-0.3, -0.25) is 4.99 Å². The quantitative estimate of drug-likeness (QED) is 0.293. The fraction of sp³-hybridized carbons (Fsp3) is 0.824. The van der Waals surface area contributed by atoms with Crippen molar-refractivity contribution in [3.05, 3.63) is 0 Å². The Morgan fingerprint density at radius 3 is 2.12 bits per heavy atom. The molecule has 0 aliphatic carbocycles. The van der Waals surface area contributed by atoms with Crippen LogP contribution in [0.1, 0.15) is 54.9 Å². The van der Waals surface area contributed by atoms with Crippen molar-refractivity contribution in [2.24, 2.45) is 10.7 Å². The Morgan fingerprint density at radius 2 is 1.64 bits per heavy atom. The lowest BCUT2D eigenvalue weighted by Gasteiger charge is -2.26. The number of hydrogen-bond donors (Lipinski definition) is 2. The average molecular weight is 376 g/mol. The van der Waals surface area contributed by atoms with Gasteiger partial charge in [-0.05, 0) is 60.6 Å². The van der Waals surface area contributed by atoms with E-state index in [1.165, 1.54) is 0 Å². The zero-order chi connectivity index (χ0) is 19.7. The van der Waals surface area contributed by atoms with Crippen molar-refractivity contribution >= 4 is 29.7 Å². The highest BCUT2D eigenvalue weighted by molar-refractivity contribution is 7.99. The summed E-state index contributed by atoms with van der Waals surface area (Å²) in [5, 5.41) is 2.61. The Kier molecular flexibility index (Phi) is 9.92. The Morgan fingerprint density at radius 1 is 1.08 bits per heavy atom. The van der Waals surface area contributed by atoms with Crippen LogP contribution >= 0.6 is 11.8 Å². The van der Waals surface area contributed by atoms with E-state index in [9.17, 15) is 9.59 Å². The first kappa shape index (κ1) is 23.6. The van der Waals surface area contributed by atoms with E-state index in [0.29, 0.717) is 24.6 Å². The molecule has 1 amide bonds. The zero-order valence-electron chi connectivity index (χ0n) is 16.5. The molecule has 0 fully saturated rings. The minimum atomic E-state index is -0.749. The second-order valence-electron chi connectivity index (χ2n) is 7.66. The molecule has 0 heterocycles. The van der Waals surface area contributed by atoms with E-state index in [1.54, 1.807) is 60.2 Å². The Labute approximate surface area is 155 Å². The van der Waals surface area contributed by atoms with E-state index < -0.39 is 29.3 Å². The summed E-state index contributed by atoms with van der Waals surface area (Å²) >= 11 is 1.64. The fourth-order valence-electron chi connectivity index (χ4n) is 1.66. The van der Waals surface area contributed by atoms with Gasteiger partial charge in [0.2, 0.25) is 0 Å². The molecule has 1 unspecified atom stereocenters. The van der Waals surface area contributed by atoms with E-state index in [1.807, 2.05) is 0 Å². The first-order chi connectivity index (χ1) is 11.3. The second kappa shape index (κ2) is 10.5. The van der Waals surface area contributed by atoms with Gasteiger partial charge in [-0.2, -0.15) is 11.8 Å². The van der Waals surface area contributed by atoms with Crippen molar-refractivity contribution in [3.63, 3.8) is 0 Å². The monoisotopic (exact) mass is 375 g/mol. The molecule has 7 nitrogen and oxygen atoms in total. The number of rotatable bonds is 8. The van der Waals surface area contributed by atoms with Crippen LogP contribution in [0.15, 0.2) is 4.99 Å². The van der Waals surface area contributed by atoms with Gasteiger partial charge >= 0.3 is 12.1 Å². The van der Waals surface area contributed by atoms with E-state index in [-0.39, 0.29) is 0 Å². The van der Waals surface area contributed by atoms with Gasteiger partial charge in [-0.25, -0.2) is 9.59 Å². The molecule has 0 saturated heterocycles. The Bertz CT molecular complexity index is 463. The first-order valence-electron chi connectivity index (χ1n) is 8.37. The van der Waals surface area contributed by atoms with Crippen molar-refractivity contribution in [2.75, 3.05) is 18.1 Å². The maximum Gasteiger partial charge on any atom is 0.408 e. The van der Waals surface area contributed by atoms with Crippen LogP contribution in [0.4, 0.5) is 4.79 Å². The number of ether oxygens (including phenoxy) is 2. The lowest BCUT2D eigenvalue weighted by Crippen LogP contribution is -2.46. The van der Waals surface area contributed by atoms with E-state index in [0.717, 1.165) is 5.75 Å². The van der Waals surface area contributed by atoms with Crippen molar-refractivity contribution in [1.82, 2.24) is 5.32 Å². The van der Waals surface area contributed by atoms with Crippen LogP contribution in [0.5, 0.6) is 0 Å². The Hall–Kier alpha value is -1.44. The minimum Gasteiger partial charge on any atom is -0.458 e. The predicted molar refractivity (Wildman–Crippen MR) is 103 cm³/mol. The summed E-state index contributed by atoms with van der Waals surface area (Å²) in [7, 11) is 0. The predicted octanol–water partition coefficient (Wildman–Crippen LogP) is 2.72. The smallest absolute Gasteiger partial charge is 0.408 e. The van der Waals surface area contributed by atoms with Crippen molar-refractivity contribution < 1.29 is 19.1 Å². The van der Waals surface area contributed by atoms with E-state index in [4.69, 9.17) is 15.2 Å². The lowest BCUT2D eigenvalue weighted by atomic mass is 10.1. The highest BCUT2D eigenvalue weighted by Crippen LogP contribution is 2.13. The fourth-order valence-corrected chi connectivity index (χ4v) is 2.49. The summed E-state index contributed by atoms with van der Waals surface area (Å²) in [6.07, 6.45) is -0.179. The second-order valence-corrected chi connectivity index (χ2v) is 8.88. The SMILES string of the molecule is CC(N)=NCCSCCC(NC(=O)OC(C)(C)C)C(=O)OC(C)(C)C. The number of thioether (sulfide) groups is 1. The number of nitrogens with one attached hydrogen (secondary N) is 1. The van der Waals surface area contributed by atoms with Gasteiger partial charge in [-0.15, -0.1) is 0 Å². The maximum atomic E-state index is 12.3. The third-order valence-corrected chi connectivity index (χ3v) is 3.53. The number of amidine groups is 1. The van der Waals surface area contributed by atoms with Crippen molar-refractivity contribution in [2.45, 2.75) is 72.1 Å². The number of carbonyl (C=O) groups excluding carboxylic acids is 2. The number of nitrogens with zero attached hydrogens (tertiary/aromatic N) is 1.